The molecule has 0 aliphatic carbocycles. The van der Waals surface area contributed by atoms with Crippen LogP contribution in [-0.4, -0.2) is 11.7 Å². The molecule has 1 aromatic carbocycles. The van der Waals surface area contributed by atoms with Crippen LogP contribution in [0.3, 0.4) is 0 Å². The maximum atomic E-state index is 9.84. The fraction of sp³-hybridized carbons (Fsp3) is 0.538. The summed E-state index contributed by atoms with van der Waals surface area (Å²) in [5.41, 5.74) is 3.16. The Balaban J connectivity index is 3.32. The van der Waals surface area contributed by atoms with Gasteiger partial charge in [-0.3, -0.25) is 0 Å². The van der Waals surface area contributed by atoms with E-state index < -0.39 is 0 Å². The minimum absolute atomic E-state index is 0.398. The zero-order valence-corrected chi connectivity index (χ0v) is 10.1. The van der Waals surface area contributed by atoms with E-state index in [1.807, 2.05) is 26.8 Å². The average molecular weight is 208 g/mol. The van der Waals surface area contributed by atoms with Crippen molar-refractivity contribution >= 4 is 0 Å². The van der Waals surface area contributed by atoms with Crippen molar-refractivity contribution in [1.82, 2.24) is 0 Å². The zero-order chi connectivity index (χ0) is 11.4. The molecular weight excluding hydrogens is 188 g/mol. The summed E-state index contributed by atoms with van der Waals surface area (Å²) in [6.45, 7) is 8.79. The second-order valence-corrected chi connectivity index (χ2v) is 3.63. The molecule has 0 aromatic heterocycles. The van der Waals surface area contributed by atoms with Crippen molar-refractivity contribution in [3.63, 3.8) is 0 Å². The molecule has 0 fully saturated rings. The normalized spacial score (nSPS) is 10.4. The van der Waals surface area contributed by atoms with E-state index >= 15 is 0 Å². The van der Waals surface area contributed by atoms with Gasteiger partial charge >= 0.3 is 0 Å². The molecule has 84 valence electrons. The summed E-state index contributed by atoms with van der Waals surface area (Å²) in [6, 6.07) is 1.83. The van der Waals surface area contributed by atoms with Gasteiger partial charge in [0.1, 0.15) is 11.5 Å². The minimum atomic E-state index is 0.398. The maximum Gasteiger partial charge on any atom is 0.125 e. The lowest BCUT2D eigenvalue weighted by Gasteiger charge is -2.16. The second kappa shape index (κ2) is 5.06. The molecular formula is C13H20O2. The molecule has 2 heteroatoms. The van der Waals surface area contributed by atoms with Gasteiger partial charge in [-0.15, -0.1) is 0 Å². The highest BCUT2D eigenvalue weighted by molar-refractivity contribution is 5.52. The standard InChI is InChI=1S/C13H20O2/c1-5-10-8-12(14)11(6-2)9(4)13(10)15-7-3/h8,14H,5-7H2,1-4H3. The first-order chi connectivity index (χ1) is 7.15. The van der Waals surface area contributed by atoms with E-state index in [4.69, 9.17) is 4.74 Å². The van der Waals surface area contributed by atoms with Crippen molar-refractivity contribution in [2.75, 3.05) is 6.61 Å². The molecule has 1 rings (SSSR count). The third kappa shape index (κ3) is 2.25. The molecule has 0 unspecified atom stereocenters. The Morgan fingerprint density at radius 3 is 2.33 bits per heavy atom. The van der Waals surface area contributed by atoms with Crippen LogP contribution in [0.15, 0.2) is 6.07 Å². The molecule has 0 amide bonds. The van der Waals surface area contributed by atoms with Crippen LogP contribution >= 0.6 is 0 Å². The number of hydrogen-bond donors (Lipinski definition) is 1. The first kappa shape index (κ1) is 11.9. The molecule has 0 heterocycles. The summed E-state index contributed by atoms with van der Waals surface area (Å²) in [5, 5.41) is 9.84. The number of phenols is 1. The van der Waals surface area contributed by atoms with Gasteiger partial charge in [0.05, 0.1) is 6.61 Å². The number of aryl methyl sites for hydroxylation is 1. The molecule has 0 spiro atoms. The van der Waals surface area contributed by atoms with Gasteiger partial charge in [-0.25, -0.2) is 0 Å². The smallest absolute Gasteiger partial charge is 0.125 e. The highest BCUT2D eigenvalue weighted by Gasteiger charge is 2.13. The lowest BCUT2D eigenvalue weighted by molar-refractivity contribution is 0.332. The fourth-order valence-electron chi connectivity index (χ4n) is 1.94. The molecule has 0 atom stereocenters. The van der Waals surface area contributed by atoms with Gasteiger partial charge in [-0.2, -0.15) is 0 Å². The van der Waals surface area contributed by atoms with Crippen molar-refractivity contribution < 1.29 is 9.84 Å². The number of hydrogen-bond acceptors (Lipinski definition) is 2. The number of rotatable bonds is 4. The van der Waals surface area contributed by atoms with Crippen LogP contribution in [0.1, 0.15) is 37.5 Å². The predicted molar refractivity (Wildman–Crippen MR) is 62.8 cm³/mol. The summed E-state index contributed by atoms with van der Waals surface area (Å²) in [6.07, 6.45) is 1.72. The van der Waals surface area contributed by atoms with E-state index in [1.165, 1.54) is 0 Å². The van der Waals surface area contributed by atoms with Crippen molar-refractivity contribution in [2.24, 2.45) is 0 Å². The van der Waals surface area contributed by atoms with Crippen LogP contribution in [0, 0.1) is 6.92 Å². The molecule has 0 saturated heterocycles. The Kier molecular flexibility index (Phi) is 4.01. The van der Waals surface area contributed by atoms with Crippen LogP contribution < -0.4 is 4.74 Å². The first-order valence-electron chi connectivity index (χ1n) is 5.62. The van der Waals surface area contributed by atoms with Gasteiger partial charge in [-0.05, 0) is 43.9 Å². The highest BCUT2D eigenvalue weighted by Crippen LogP contribution is 2.34. The van der Waals surface area contributed by atoms with E-state index in [0.717, 1.165) is 35.3 Å². The van der Waals surface area contributed by atoms with Gasteiger partial charge in [0.2, 0.25) is 0 Å². The van der Waals surface area contributed by atoms with Gasteiger partial charge in [0.25, 0.3) is 0 Å². The van der Waals surface area contributed by atoms with Crippen molar-refractivity contribution in [1.29, 1.82) is 0 Å². The molecule has 0 bridgehead atoms. The Morgan fingerprint density at radius 2 is 1.87 bits per heavy atom. The molecule has 0 aliphatic rings. The lowest BCUT2D eigenvalue weighted by Crippen LogP contribution is -2.01. The van der Waals surface area contributed by atoms with E-state index in [1.54, 1.807) is 0 Å². The van der Waals surface area contributed by atoms with E-state index in [-0.39, 0.29) is 0 Å². The molecule has 0 radical (unpaired) electrons. The summed E-state index contributed by atoms with van der Waals surface area (Å²) in [5.74, 6) is 1.35. The van der Waals surface area contributed by atoms with Crippen LogP contribution in [-0.2, 0) is 12.8 Å². The Morgan fingerprint density at radius 1 is 1.20 bits per heavy atom. The molecule has 2 nitrogen and oxygen atoms in total. The summed E-state index contributed by atoms with van der Waals surface area (Å²) >= 11 is 0. The summed E-state index contributed by atoms with van der Waals surface area (Å²) in [4.78, 5) is 0. The van der Waals surface area contributed by atoms with Gasteiger partial charge in [0.15, 0.2) is 0 Å². The van der Waals surface area contributed by atoms with Crippen LogP contribution in [0.25, 0.3) is 0 Å². The Labute approximate surface area is 91.9 Å². The molecule has 1 N–H and O–H groups in total. The van der Waals surface area contributed by atoms with Crippen LogP contribution in [0.5, 0.6) is 11.5 Å². The van der Waals surface area contributed by atoms with Crippen LogP contribution in [0.2, 0.25) is 0 Å². The zero-order valence-electron chi connectivity index (χ0n) is 10.1. The monoisotopic (exact) mass is 208 g/mol. The lowest BCUT2D eigenvalue weighted by atomic mass is 9.99. The van der Waals surface area contributed by atoms with E-state index in [0.29, 0.717) is 12.4 Å². The Hall–Kier alpha value is -1.18. The van der Waals surface area contributed by atoms with Crippen molar-refractivity contribution in [3.05, 3.63) is 22.8 Å². The molecule has 0 saturated carbocycles. The van der Waals surface area contributed by atoms with Gasteiger partial charge in [0, 0.05) is 5.56 Å². The predicted octanol–water partition coefficient (Wildman–Crippen LogP) is 3.22. The number of ether oxygens (including phenoxy) is 1. The van der Waals surface area contributed by atoms with Crippen molar-refractivity contribution in [3.8, 4) is 11.5 Å². The van der Waals surface area contributed by atoms with Gasteiger partial charge in [-0.1, -0.05) is 13.8 Å². The second-order valence-electron chi connectivity index (χ2n) is 3.63. The fourth-order valence-corrected chi connectivity index (χ4v) is 1.94. The SMILES string of the molecule is CCOc1c(CC)cc(O)c(CC)c1C. The molecule has 15 heavy (non-hydrogen) atoms. The third-order valence-corrected chi connectivity index (χ3v) is 2.73. The highest BCUT2D eigenvalue weighted by atomic mass is 16.5. The van der Waals surface area contributed by atoms with E-state index in [9.17, 15) is 5.11 Å². The summed E-state index contributed by atoms with van der Waals surface area (Å²) < 4.78 is 5.65. The third-order valence-electron chi connectivity index (χ3n) is 2.73. The number of aromatic hydroxyl groups is 1. The quantitative estimate of drug-likeness (QED) is 0.823. The molecule has 1 aromatic rings. The largest absolute Gasteiger partial charge is 0.508 e. The van der Waals surface area contributed by atoms with E-state index in [2.05, 4.69) is 6.92 Å². The van der Waals surface area contributed by atoms with Gasteiger partial charge < -0.3 is 9.84 Å². The van der Waals surface area contributed by atoms with Crippen LogP contribution in [0.4, 0.5) is 0 Å². The first-order valence-corrected chi connectivity index (χ1v) is 5.62. The molecule has 0 aliphatic heterocycles. The van der Waals surface area contributed by atoms with Crippen molar-refractivity contribution in [2.45, 2.75) is 40.5 Å². The number of phenolic OH excluding ortho intramolecular Hbond substituents is 1. The Bertz CT molecular complexity index is 343. The average Bonchev–Trinajstić information content (AvgIpc) is 2.22. The topological polar surface area (TPSA) is 29.5 Å². The summed E-state index contributed by atoms with van der Waals surface area (Å²) in [7, 11) is 0. The number of benzene rings is 1. The maximum absolute atomic E-state index is 9.84. The minimum Gasteiger partial charge on any atom is -0.508 e.